The van der Waals surface area contributed by atoms with Gasteiger partial charge in [-0.25, -0.2) is 0 Å². The molecule has 0 saturated carbocycles. The first-order chi connectivity index (χ1) is 10.3. The average Bonchev–Trinajstić information content (AvgIpc) is 2.53. The van der Waals surface area contributed by atoms with E-state index in [4.69, 9.17) is 4.74 Å². The molecule has 0 atom stereocenters. The molecule has 1 N–H and O–H groups in total. The highest BCUT2D eigenvalue weighted by Crippen LogP contribution is 2.16. The van der Waals surface area contributed by atoms with Crippen molar-refractivity contribution in [2.24, 2.45) is 5.92 Å². The van der Waals surface area contributed by atoms with Crippen molar-refractivity contribution < 1.29 is 9.53 Å². The summed E-state index contributed by atoms with van der Waals surface area (Å²) in [6.07, 6.45) is 3.05. The van der Waals surface area contributed by atoms with Crippen molar-refractivity contribution in [2.45, 2.75) is 19.3 Å². The molecule has 0 aromatic heterocycles. The number of carbonyl (C=O) groups is 1. The van der Waals surface area contributed by atoms with Crippen LogP contribution in [0.3, 0.4) is 0 Å². The molecule has 0 radical (unpaired) electrons. The van der Waals surface area contributed by atoms with Gasteiger partial charge in [-0.05, 0) is 44.3 Å². The van der Waals surface area contributed by atoms with Crippen LogP contribution in [0.4, 0.5) is 0 Å². The van der Waals surface area contributed by atoms with Crippen LogP contribution in [0, 0.1) is 5.92 Å². The Morgan fingerprint density at radius 2 is 1.95 bits per heavy atom. The molecule has 1 aromatic carbocycles. The predicted octanol–water partition coefficient (Wildman–Crippen LogP) is 2.13. The van der Waals surface area contributed by atoms with Crippen LogP contribution in [0.2, 0.25) is 0 Å². The molecule has 1 heterocycles. The van der Waals surface area contributed by atoms with E-state index in [9.17, 15) is 4.79 Å². The van der Waals surface area contributed by atoms with Crippen molar-refractivity contribution in [1.29, 1.82) is 0 Å². The fourth-order valence-electron chi connectivity index (χ4n) is 2.76. The summed E-state index contributed by atoms with van der Waals surface area (Å²) in [5, 5.41) is 3.21. The van der Waals surface area contributed by atoms with E-state index in [2.05, 4.69) is 17.4 Å². The standard InChI is InChI=1S/C17H26N2O2.ClH/c1-18-13-16-7-10-19(11-8-16)17(20)14-21-12-9-15-5-3-2-4-6-15;/h2-6,16,18H,7-14H2,1H3;1H. The van der Waals surface area contributed by atoms with Gasteiger partial charge in [-0.3, -0.25) is 4.79 Å². The summed E-state index contributed by atoms with van der Waals surface area (Å²) < 4.78 is 5.52. The molecular formula is C17H27ClN2O2. The van der Waals surface area contributed by atoms with E-state index >= 15 is 0 Å². The van der Waals surface area contributed by atoms with Crippen molar-refractivity contribution in [3.8, 4) is 0 Å². The van der Waals surface area contributed by atoms with Crippen molar-refractivity contribution in [3.63, 3.8) is 0 Å². The maximum Gasteiger partial charge on any atom is 0.248 e. The van der Waals surface area contributed by atoms with E-state index in [0.717, 1.165) is 38.9 Å². The monoisotopic (exact) mass is 326 g/mol. The summed E-state index contributed by atoms with van der Waals surface area (Å²) in [6.45, 7) is 3.60. The Morgan fingerprint density at radius 1 is 1.27 bits per heavy atom. The number of carbonyl (C=O) groups excluding carboxylic acids is 1. The average molecular weight is 327 g/mol. The third-order valence-corrected chi connectivity index (χ3v) is 4.06. The second-order valence-corrected chi connectivity index (χ2v) is 5.67. The molecule has 1 aromatic rings. The molecular weight excluding hydrogens is 300 g/mol. The lowest BCUT2D eigenvalue weighted by Crippen LogP contribution is -2.42. The molecule has 0 bridgehead atoms. The SMILES string of the molecule is CNCC1CCN(C(=O)COCCc2ccccc2)CC1.Cl. The third-order valence-electron chi connectivity index (χ3n) is 4.06. The van der Waals surface area contributed by atoms with Crippen LogP contribution < -0.4 is 5.32 Å². The van der Waals surface area contributed by atoms with Crippen LogP contribution in [-0.2, 0) is 16.0 Å². The number of benzene rings is 1. The van der Waals surface area contributed by atoms with Crippen LogP contribution in [0.25, 0.3) is 0 Å². The molecule has 4 nitrogen and oxygen atoms in total. The van der Waals surface area contributed by atoms with Gasteiger partial charge in [0.1, 0.15) is 6.61 Å². The van der Waals surface area contributed by atoms with Crippen molar-refractivity contribution in [1.82, 2.24) is 10.2 Å². The van der Waals surface area contributed by atoms with Crippen LogP contribution >= 0.6 is 12.4 Å². The zero-order valence-electron chi connectivity index (χ0n) is 13.3. The molecule has 0 aliphatic carbocycles. The molecule has 0 unspecified atom stereocenters. The van der Waals surface area contributed by atoms with Crippen molar-refractivity contribution in [2.75, 3.05) is 39.9 Å². The largest absolute Gasteiger partial charge is 0.371 e. The van der Waals surface area contributed by atoms with Gasteiger partial charge in [-0.1, -0.05) is 30.3 Å². The lowest BCUT2D eigenvalue weighted by Gasteiger charge is -2.31. The van der Waals surface area contributed by atoms with Crippen LogP contribution in [0.15, 0.2) is 30.3 Å². The Kier molecular flexibility index (Phi) is 9.13. The maximum absolute atomic E-state index is 12.1. The predicted molar refractivity (Wildman–Crippen MR) is 91.4 cm³/mol. The van der Waals surface area contributed by atoms with E-state index in [-0.39, 0.29) is 24.9 Å². The second-order valence-electron chi connectivity index (χ2n) is 5.67. The van der Waals surface area contributed by atoms with Gasteiger partial charge in [0.05, 0.1) is 6.61 Å². The van der Waals surface area contributed by atoms with Crippen molar-refractivity contribution in [3.05, 3.63) is 35.9 Å². The first kappa shape index (κ1) is 18.9. The van der Waals surface area contributed by atoms with E-state index in [0.29, 0.717) is 12.5 Å². The Bertz CT molecular complexity index is 420. The summed E-state index contributed by atoms with van der Waals surface area (Å²) in [5.74, 6) is 0.837. The highest BCUT2D eigenvalue weighted by atomic mass is 35.5. The Balaban J connectivity index is 0.00000242. The van der Waals surface area contributed by atoms with Gasteiger partial charge >= 0.3 is 0 Å². The van der Waals surface area contributed by atoms with Crippen LogP contribution in [0.5, 0.6) is 0 Å². The van der Waals surface area contributed by atoms with Gasteiger partial charge in [-0.15, -0.1) is 12.4 Å². The van der Waals surface area contributed by atoms with E-state index in [1.807, 2.05) is 30.1 Å². The molecule has 2 rings (SSSR count). The summed E-state index contributed by atoms with van der Waals surface area (Å²) >= 11 is 0. The number of hydrogen-bond donors (Lipinski definition) is 1. The summed E-state index contributed by atoms with van der Waals surface area (Å²) in [6, 6.07) is 10.2. The minimum absolute atomic E-state index is 0. The molecule has 0 spiro atoms. The quantitative estimate of drug-likeness (QED) is 0.780. The number of rotatable bonds is 7. The molecule has 124 valence electrons. The first-order valence-electron chi connectivity index (χ1n) is 7.83. The van der Waals surface area contributed by atoms with Gasteiger partial charge < -0.3 is 15.0 Å². The van der Waals surface area contributed by atoms with Gasteiger partial charge in [0.15, 0.2) is 0 Å². The fraction of sp³-hybridized carbons (Fsp3) is 0.588. The van der Waals surface area contributed by atoms with E-state index in [1.54, 1.807) is 0 Å². The Morgan fingerprint density at radius 3 is 2.59 bits per heavy atom. The number of nitrogens with one attached hydrogen (secondary N) is 1. The topological polar surface area (TPSA) is 41.6 Å². The summed E-state index contributed by atoms with van der Waals surface area (Å²) in [5.41, 5.74) is 1.25. The molecule has 5 heteroatoms. The normalized spacial score (nSPS) is 15.4. The maximum atomic E-state index is 12.1. The van der Waals surface area contributed by atoms with E-state index in [1.165, 1.54) is 5.56 Å². The lowest BCUT2D eigenvalue weighted by molar-refractivity contribution is -0.137. The molecule has 1 saturated heterocycles. The number of amides is 1. The van der Waals surface area contributed by atoms with Crippen LogP contribution in [-0.4, -0.2) is 50.7 Å². The van der Waals surface area contributed by atoms with E-state index < -0.39 is 0 Å². The lowest BCUT2D eigenvalue weighted by atomic mass is 9.97. The number of likely N-dealkylation sites (tertiary alicyclic amines) is 1. The summed E-state index contributed by atoms with van der Waals surface area (Å²) in [4.78, 5) is 14.0. The molecule has 1 amide bonds. The third kappa shape index (κ3) is 6.34. The minimum Gasteiger partial charge on any atom is -0.371 e. The summed E-state index contributed by atoms with van der Waals surface area (Å²) in [7, 11) is 1.98. The number of nitrogens with zero attached hydrogens (tertiary/aromatic N) is 1. The van der Waals surface area contributed by atoms with Gasteiger partial charge in [0.25, 0.3) is 0 Å². The number of piperidine rings is 1. The Hall–Kier alpha value is -1.10. The molecule has 22 heavy (non-hydrogen) atoms. The van der Waals surface area contributed by atoms with Gasteiger partial charge in [-0.2, -0.15) is 0 Å². The molecule has 1 fully saturated rings. The minimum atomic E-state index is 0. The number of hydrogen-bond acceptors (Lipinski definition) is 3. The zero-order valence-corrected chi connectivity index (χ0v) is 14.1. The molecule has 1 aliphatic rings. The second kappa shape index (κ2) is 10.6. The first-order valence-corrected chi connectivity index (χ1v) is 7.83. The van der Waals surface area contributed by atoms with Gasteiger partial charge in [0, 0.05) is 13.1 Å². The molecule has 1 aliphatic heterocycles. The van der Waals surface area contributed by atoms with Crippen LogP contribution in [0.1, 0.15) is 18.4 Å². The number of ether oxygens (including phenoxy) is 1. The Labute approximate surface area is 139 Å². The fourth-order valence-corrected chi connectivity index (χ4v) is 2.76. The highest BCUT2D eigenvalue weighted by molar-refractivity contribution is 5.85. The zero-order chi connectivity index (χ0) is 14.9. The van der Waals surface area contributed by atoms with Gasteiger partial charge in [0.2, 0.25) is 5.91 Å². The number of halogens is 1. The van der Waals surface area contributed by atoms with Crippen molar-refractivity contribution >= 4 is 18.3 Å². The highest BCUT2D eigenvalue weighted by Gasteiger charge is 2.22. The smallest absolute Gasteiger partial charge is 0.248 e.